The quantitative estimate of drug-likeness (QED) is 0.588. The second-order valence-electron chi connectivity index (χ2n) is 7.60. The molecule has 1 aliphatic heterocycles. The zero-order valence-electron chi connectivity index (χ0n) is 16.4. The van der Waals surface area contributed by atoms with E-state index in [1.807, 2.05) is 26.0 Å². The summed E-state index contributed by atoms with van der Waals surface area (Å²) in [6.45, 7) is 3.73. The number of Topliss-reactive ketones (excluding diaryl/α,β-unsaturated/α-hetero) is 1. The van der Waals surface area contributed by atoms with Gasteiger partial charge in [0.25, 0.3) is 11.8 Å². The summed E-state index contributed by atoms with van der Waals surface area (Å²) in [5, 5.41) is 0. The number of ketones is 1. The molecule has 1 atom stereocenters. The third-order valence-electron chi connectivity index (χ3n) is 5.48. The molecule has 6 heteroatoms. The van der Waals surface area contributed by atoms with E-state index in [2.05, 4.69) is 0 Å². The Hall–Kier alpha value is -3.28. The third-order valence-corrected chi connectivity index (χ3v) is 5.48. The number of aryl methyl sites for hydroxylation is 2. The van der Waals surface area contributed by atoms with Gasteiger partial charge in [0.1, 0.15) is 0 Å². The maximum absolute atomic E-state index is 13.0. The summed E-state index contributed by atoms with van der Waals surface area (Å²) in [6.07, 6.45) is 1.86. The molecule has 4 rings (SSSR count). The number of amides is 2. The van der Waals surface area contributed by atoms with Crippen LogP contribution in [0.1, 0.15) is 67.9 Å². The van der Waals surface area contributed by atoms with Crippen LogP contribution in [-0.4, -0.2) is 29.7 Å². The molecule has 2 aliphatic rings. The Morgan fingerprint density at radius 1 is 0.966 bits per heavy atom. The van der Waals surface area contributed by atoms with Crippen molar-refractivity contribution >= 4 is 29.3 Å². The molecule has 1 heterocycles. The minimum atomic E-state index is -0.728. The normalized spacial score (nSPS) is 18.8. The number of fused-ring (bicyclic) bond motifs is 1. The van der Waals surface area contributed by atoms with Gasteiger partial charge in [0.2, 0.25) is 0 Å². The van der Waals surface area contributed by atoms with E-state index in [-0.39, 0.29) is 22.5 Å². The van der Waals surface area contributed by atoms with Crippen LogP contribution in [0.2, 0.25) is 0 Å². The van der Waals surface area contributed by atoms with Crippen molar-refractivity contribution in [3.05, 3.63) is 64.2 Å². The first kappa shape index (κ1) is 19.1. The molecule has 0 N–H and O–H groups in total. The number of esters is 1. The maximum atomic E-state index is 13.0. The van der Waals surface area contributed by atoms with Gasteiger partial charge in [-0.25, -0.2) is 9.69 Å². The van der Waals surface area contributed by atoms with E-state index < -0.39 is 23.9 Å². The van der Waals surface area contributed by atoms with Crippen LogP contribution >= 0.6 is 0 Å². The fourth-order valence-electron chi connectivity index (χ4n) is 3.82. The summed E-state index contributed by atoms with van der Waals surface area (Å²) in [5.74, 6) is -1.61. The SMILES string of the molecule is Cc1ccc(C)c(N2C(=O)c3ccc(C(=O)O[C@@H]4CCCCC4=O)cc3C2=O)c1. The van der Waals surface area contributed by atoms with E-state index >= 15 is 0 Å². The number of carbonyl (C=O) groups excluding carboxylic acids is 4. The van der Waals surface area contributed by atoms with Crippen molar-refractivity contribution in [1.82, 2.24) is 0 Å². The van der Waals surface area contributed by atoms with Crippen LogP contribution in [0.4, 0.5) is 5.69 Å². The van der Waals surface area contributed by atoms with E-state index in [4.69, 9.17) is 4.74 Å². The minimum Gasteiger partial charge on any atom is -0.451 e. The third kappa shape index (κ3) is 3.35. The molecule has 2 aromatic rings. The Morgan fingerprint density at radius 2 is 1.72 bits per heavy atom. The molecule has 29 heavy (non-hydrogen) atoms. The lowest BCUT2D eigenvalue weighted by Gasteiger charge is -2.20. The molecule has 0 unspecified atom stereocenters. The van der Waals surface area contributed by atoms with Crippen molar-refractivity contribution in [2.75, 3.05) is 4.90 Å². The Labute approximate surface area is 168 Å². The Bertz CT molecular complexity index is 1060. The molecule has 1 fully saturated rings. The van der Waals surface area contributed by atoms with Gasteiger partial charge >= 0.3 is 5.97 Å². The summed E-state index contributed by atoms with van der Waals surface area (Å²) in [6, 6.07) is 9.89. The smallest absolute Gasteiger partial charge is 0.338 e. The van der Waals surface area contributed by atoms with Gasteiger partial charge in [0.15, 0.2) is 11.9 Å². The predicted octanol–water partition coefficient (Wildman–Crippen LogP) is 3.77. The van der Waals surface area contributed by atoms with Crippen molar-refractivity contribution in [3.8, 4) is 0 Å². The Kier molecular flexibility index (Phi) is 4.78. The Morgan fingerprint density at radius 3 is 2.48 bits per heavy atom. The topological polar surface area (TPSA) is 80.8 Å². The number of anilines is 1. The summed E-state index contributed by atoms with van der Waals surface area (Å²) < 4.78 is 5.36. The highest BCUT2D eigenvalue weighted by atomic mass is 16.5. The summed E-state index contributed by atoms with van der Waals surface area (Å²) in [5.41, 5.74) is 2.85. The molecular weight excluding hydrogens is 370 g/mol. The van der Waals surface area contributed by atoms with Crippen LogP contribution in [0.5, 0.6) is 0 Å². The largest absolute Gasteiger partial charge is 0.451 e. The lowest BCUT2D eigenvalue weighted by Crippen LogP contribution is -2.30. The van der Waals surface area contributed by atoms with Crippen molar-refractivity contribution in [1.29, 1.82) is 0 Å². The number of hydrogen-bond acceptors (Lipinski definition) is 5. The number of imide groups is 1. The van der Waals surface area contributed by atoms with Gasteiger partial charge in [-0.2, -0.15) is 0 Å². The molecule has 2 aromatic carbocycles. The zero-order chi connectivity index (χ0) is 20.7. The first-order valence-corrected chi connectivity index (χ1v) is 9.70. The van der Waals surface area contributed by atoms with Crippen molar-refractivity contribution in [2.24, 2.45) is 0 Å². The molecule has 0 radical (unpaired) electrons. The van der Waals surface area contributed by atoms with E-state index in [1.54, 1.807) is 6.07 Å². The lowest BCUT2D eigenvalue weighted by atomic mass is 9.96. The fraction of sp³-hybridized carbons (Fsp3) is 0.304. The van der Waals surface area contributed by atoms with Crippen molar-refractivity contribution < 1.29 is 23.9 Å². The van der Waals surface area contributed by atoms with Gasteiger partial charge in [-0.05, 0) is 68.5 Å². The van der Waals surface area contributed by atoms with Gasteiger partial charge < -0.3 is 4.74 Å². The summed E-state index contributed by atoms with van der Waals surface area (Å²) in [4.78, 5) is 51.4. The molecule has 6 nitrogen and oxygen atoms in total. The van der Waals surface area contributed by atoms with Gasteiger partial charge in [-0.3, -0.25) is 14.4 Å². The number of nitrogens with zero attached hydrogens (tertiary/aromatic N) is 1. The molecule has 0 bridgehead atoms. The van der Waals surface area contributed by atoms with Gasteiger partial charge in [-0.1, -0.05) is 12.1 Å². The molecule has 0 spiro atoms. The molecule has 1 saturated carbocycles. The summed E-state index contributed by atoms with van der Waals surface area (Å²) in [7, 11) is 0. The predicted molar refractivity (Wildman–Crippen MR) is 106 cm³/mol. The molecule has 0 saturated heterocycles. The van der Waals surface area contributed by atoms with Crippen LogP contribution < -0.4 is 4.90 Å². The first-order valence-electron chi connectivity index (χ1n) is 9.70. The van der Waals surface area contributed by atoms with E-state index in [9.17, 15) is 19.2 Å². The number of carbonyl (C=O) groups is 4. The van der Waals surface area contributed by atoms with Gasteiger partial charge in [-0.15, -0.1) is 0 Å². The van der Waals surface area contributed by atoms with Crippen LogP contribution in [0.15, 0.2) is 36.4 Å². The maximum Gasteiger partial charge on any atom is 0.338 e. The Balaban J connectivity index is 1.62. The van der Waals surface area contributed by atoms with Crippen molar-refractivity contribution in [3.63, 3.8) is 0 Å². The first-order chi connectivity index (χ1) is 13.9. The molecule has 2 amide bonds. The summed E-state index contributed by atoms with van der Waals surface area (Å²) >= 11 is 0. The second-order valence-corrected chi connectivity index (χ2v) is 7.60. The van der Waals surface area contributed by atoms with Crippen molar-refractivity contribution in [2.45, 2.75) is 45.6 Å². The average molecular weight is 391 g/mol. The van der Waals surface area contributed by atoms with Crippen LogP contribution in [0.3, 0.4) is 0 Å². The highest BCUT2D eigenvalue weighted by molar-refractivity contribution is 6.35. The number of rotatable bonds is 3. The van der Waals surface area contributed by atoms with Crippen LogP contribution in [-0.2, 0) is 9.53 Å². The van der Waals surface area contributed by atoms with E-state index in [1.165, 1.54) is 18.2 Å². The van der Waals surface area contributed by atoms with Gasteiger partial charge in [0, 0.05) is 6.42 Å². The molecule has 148 valence electrons. The number of hydrogen-bond donors (Lipinski definition) is 0. The molecule has 0 aromatic heterocycles. The second kappa shape index (κ2) is 7.28. The fourth-order valence-corrected chi connectivity index (χ4v) is 3.82. The minimum absolute atomic E-state index is 0.0712. The van der Waals surface area contributed by atoms with Crippen LogP contribution in [0, 0.1) is 13.8 Å². The van der Waals surface area contributed by atoms with Gasteiger partial charge in [0.05, 0.1) is 22.4 Å². The average Bonchev–Trinajstić information content (AvgIpc) is 2.95. The number of ether oxygens (including phenoxy) is 1. The highest BCUT2D eigenvalue weighted by Crippen LogP contribution is 2.32. The number of benzene rings is 2. The zero-order valence-corrected chi connectivity index (χ0v) is 16.4. The monoisotopic (exact) mass is 391 g/mol. The van der Waals surface area contributed by atoms with E-state index in [0.29, 0.717) is 18.5 Å². The standard InChI is InChI=1S/C23H21NO5/c1-13-7-8-14(2)18(11-13)24-21(26)16-10-9-15(12-17(16)22(24)27)23(28)29-20-6-4-3-5-19(20)25/h7-12,20H,3-6H2,1-2H3/t20-/m1/s1. The lowest BCUT2D eigenvalue weighted by molar-refractivity contribution is -0.129. The molecule has 1 aliphatic carbocycles. The molecular formula is C23H21NO5. The van der Waals surface area contributed by atoms with Crippen LogP contribution in [0.25, 0.3) is 0 Å². The van der Waals surface area contributed by atoms with E-state index in [0.717, 1.165) is 28.9 Å². The highest BCUT2D eigenvalue weighted by Gasteiger charge is 2.38.